The molecule has 6 nitrogen and oxygen atoms in total. The van der Waals surface area contributed by atoms with Crippen LogP contribution in [0.5, 0.6) is 0 Å². The lowest BCUT2D eigenvalue weighted by Gasteiger charge is -2.12. The van der Waals surface area contributed by atoms with Gasteiger partial charge >= 0.3 is 0 Å². The molecule has 4 aromatic heterocycles. The topological polar surface area (TPSA) is 78.1 Å². The highest BCUT2D eigenvalue weighted by Gasteiger charge is 2.23. The summed E-state index contributed by atoms with van der Waals surface area (Å²) in [6.07, 6.45) is 0. The van der Waals surface area contributed by atoms with Crippen LogP contribution in [-0.2, 0) is 0 Å². The average molecular weight is 680 g/mol. The van der Waals surface area contributed by atoms with Gasteiger partial charge in [0.15, 0.2) is 17.5 Å². The molecule has 8 aromatic carbocycles. The highest BCUT2D eigenvalue weighted by Crippen LogP contribution is 2.44. The molecule has 0 aliphatic heterocycles. The van der Waals surface area contributed by atoms with Crippen molar-refractivity contribution in [2.24, 2.45) is 0 Å². The van der Waals surface area contributed by atoms with Gasteiger partial charge in [-0.05, 0) is 59.3 Å². The zero-order chi connectivity index (χ0) is 34.6. The maximum Gasteiger partial charge on any atom is 0.164 e. The summed E-state index contributed by atoms with van der Waals surface area (Å²) in [5, 5.41) is 10.2. The van der Waals surface area contributed by atoms with Crippen LogP contribution in [-0.4, -0.2) is 15.0 Å². The van der Waals surface area contributed by atoms with E-state index in [1.807, 2.05) is 91.0 Å². The molecule has 0 bridgehead atoms. The van der Waals surface area contributed by atoms with Crippen molar-refractivity contribution in [2.45, 2.75) is 0 Å². The van der Waals surface area contributed by atoms with Crippen LogP contribution < -0.4 is 0 Å². The quantitative estimate of drug-likeness (QED) is 0.185. The fraction of sp³-hybridized carbons (Fsp3) is 0. The molecule has 0 N–H and O–H groups in total. The Bertz CT molecular complexity index is 3310. The van der Waals surface area contributed by atoms with Gasteiger partial charge in [0, 0.05) is 59.8 Å². The molecule has 12 aromatic rings. The first-order chi connectivity index (χ1) is 26.2. The third-order valence-electron chi connectivity index (χ3n) is 10.5. The second kappa shape index (κ2) is 10.6. The maximum atomic E-state index is 6.59. The Kier molecular flexibility index (Phi) is 5.68. The predicted octanol–water partition coefficient (Wildman–Crippen LogP) is 12.9. The van der Waals surface area contributed by atoms with Gasteiger partial charge in [-0.2, -0.15) is 0 Å². The Labute approximate surface area is 300 Å². The molecule has 0 saturated heterocycles. The SMILES string of the molecule is c1ccc2c(c1)cc(-c1nc(-c3ccc4oc5ccccc5c4c3)nc(-c3cc4ccccc4c4oc5ccccc5c34)n1)c1c3ccccc3oc21. The normalized spacial score (nSPS) is 12.2. The van der Waals surface area contributed by atoms with E-state index < -0.39 is 0 Å². The molecule has 0 spiro atoms. The van der Waals surface area contributed by atoms with Crippen LogP contribution in [0.2, 0.25) is 0 Å². The summed E-state index contributed by atoms with van der Waals surface area (Å²) in [5.74, 6) is 1.66. The molecule has 0 atom stereocenters. The maximum absolute atomic E-state index is 6.59. The van der Waals surface area contributed by atoms with Crippen molar-refractivity contribution < 1.29 is 13.3 Å². The Hall–Kier alpha value is -7.31. The summed E-state index contributed by atoms with van der Waals surface area (Å²) in [4.78, 5) is 15.9. The van der Waals surface area contributed by atoms with E-state index >= 15 is 0 Å². The minimum atomic E-state index is 0.554. The monoisotopic (exact) mass is 679 g/mol. The van der Waals surface area contributed by atoms with E-state index in [0.717, 1.165) is 104 Å². The number of hydrogen-bond acceptors (Lipinski definition) is 6. The van der Waals surface area contributed by atoms with Gasteiger partial charge in [0.2, 0.25) is 0 Å². The fourth-order valence-electron chi connectivity index (χ4n) is 8.08. The minimum Gasteiger partial charge on any atom is -0.456 e. The van der Waals surface area contributed by atoms with E-state index in [4.69, 9.17) is 28.2 Å². The Morgan fingerprint density at radius 3 is 1.32 bits per heavy atom. The first-order valence-corrected chi connectivity index (χ1v) is 17.6. The first kappa shape index (κ1) is 28.4. The molecule has 246 valence electrons. The van der Waals surface area contributed by atoms with Crippen LogP contribution in [0.4, 0.5) is 0 Å². The summed E-state index contributed by atoms with van der Waals surface area (Å²) in [6, 6.07) is 51.5. The number of rotatable bonds is 3. The number of aromatic nitrogens is 3. The Balaban J connectivity index is 1.22. The van der Waals surface area contributed by atoms with E-state index in [1.54, 1.807) is 0 Å². The number of hydrogen-bond donors (Lipinski definition) is 0. The van der Waals surface area contributed by atoms with E-state index in [-0.39, 0.29) is 0 Å². The number of benzene rings is 8. The van der Waals surface area contributed by atoms with Crippen molar-refractivity contribution >= 4 is 87.4 Å². The van der Waals surface area contributed by atoms with Crippen molar-refractivity contribution in [3.8, 4) is 34.2 Å². The van der Waals surface area contributed by atoms with Crippen LogP contribution in [0.25, 0.3) is 122 Å². The van der Waals surface area contributed by atoms with Crippen LogP contribution in [0.1, 0.15) is 0 Å². The Morgan fingerprint density at radius 2 is 0.755 bits per heavy atom. The standard InChI is InChI=1S/C47H25N3O3/c1-3-13-29-26(11-1)23-35(41-32-16-6-9-19-38(32)52-43(29)41)46-48-45(28-21-22-40-34(25-28)31-15-5-8-18-37(31)51-40)49-47(50-46)36-24-27-12-2-4-14-30(27)44-42(36)33-17-7-10-20-39(33)53-44/h1-25H. The number of fused-ring (bicyclic) bond motifs is 13. The van der Waals surface area contributed by atoms with Gasteiger partial charge in [0.25, 0.3) is 0 Å². The summed E-state index contributed by atoms with van der Waals surface area (Å²) in [6.45, 7) is 0. The van der Waals surface area contributed by atoms with E-state index in [0.29, 0.717) is 17.5 Å². The highest BCUT2D eigenvalue weighted by atomic mass is 16.3. The average Bonchev–Trinajstić information content (AvgIpc) is 3.92. The number of para-hydroxylation sites is 3. The zero-order valence-corrected chi connectivity index (χ0v) is 28.0. The summed E-state index contributed by atoms with van der Waals surface area (Å²) in [5.41, 5.74) is 7.50. The third kappa shape index (κ3) is 4.11. The third-order valence-corrected chi connectivity index (χ3v) is 10.5. The molecule has 0 aliphatic carbocycles. The smallest absolute Gasteiger partial charge is 0.164 e. The van der Waals surface area contributed by atoms with Gasteiger partial charge in [-0.3, -0.25) is 0 Å². The minimum absolute atomic E-state index is 0.554. The van der Waals surface area contributed by atoms with Crippen molar-refractivity contribution in [1.82, 2.24) is 15.0 Å². The lowest BCUT2D eigenvalue weighted by atomic mass is 9.98. The van der Waals surface area contributed by atoms with Crippen LogP contribution >= 0.6 is 0 Å². The van der Waals surface area contributed by atoms with E-state index in [9.17, 15) is 0 Å². The molecule has 0 saturated carbocycles. The number of furan rings is 3. The fourth-order valence-corrected chi connectivity index (χ4v) is 8.08. The van der Waals surface area contributed by atoms with Crippen molar-refractivity contribution in [3.63, 3.8) is 0 Å². The van der Waals surface area contributed by atoms with Crippen LogP contribution in [0.15, 0.2) is 165 Å². The summed E-state index contributed by atoms with van der Waals surface area (Å²) < 4.78 is 19.4. The zero-order valence-electron chi connectivity index (χ0n) is 28.0. The second-order valence-corrected chi connectivity index (χ2v) is 13.5. The molecule has 0 aliphatic rings. The molecule has 0 unspecified atom stereocenters. The summed E-state index contributed by atoms with van der Waals surface area (Å²) in [7, 11) is 0. The lowest BCUT2D eigenvalue weighted by molar-refractivity contribution is 0.669. The number of nitrogens with zero attached hydrogens (tertiary/aromatic N) is 3. The second-order valence-electron chi connectivity index (χ2n) is 13.5. The molecule has 12 rings (SSSR count). The highest BCUT2D eigenvalue weighted by molar-refractivity contribution is 6.22. The van der Waals surface area contributed by atoms with Gasteiger partial charge < -0.3 is 13.3 Å². The predicted molar refractivity (Wildman–Crippen MR) is 213 cm³/mol. The van der Waals surface area contributed by atoms with Gasteiger partial charge in [-0.25, -0.2) is 15.0 Å². The summed E-state index contributed by atoms with van der Waals surface area (Å²) >= 11 is 0. The molecule has 0 amide bonds. The van der Waals surface area contributed by atoms with Crippen molar-refractivity contribution in [2.75, 3.05) is 0 Å². The van der Waals surface area contributed by atoms with Crippen LogP contribution in [0, 0.1) is 0 Å². The molecule has 53 heavy (non-hydrogen) atoms. The lowest BCUT2D eigenvalue weighted by Crippen LogP contribution is -2.01. The van der Waals surface area contributed by atoms with Gasteiger partial charge in [0.1, 0.15) is 33.5 Å². The Morgan fingerprint density at radius 1 is 0.321 bits per heavy atom. The van der Waals surface area contributed by atoms with Gasteiger partial charge in [0.05, 0.1) is 0 Å². The molecule has 4 heterocycles. The van der Waals surface area contributed by atoms with Crippen LogP contribution in [0.3, 0.4) is 0 Å². The molecule has 0 fully saturated rings. The molecular formula is C47H25N3O3. The van der Waals surface area contributed by atoms with Crippen molar-refractivity contribution in [1.29, 1.82) is 0 Å². The first-order valence-electron chi connectivity index (χ1n) is 17.6. The molecule has 0 radical (unpaired) electrons. The van der Waals surface area contributed by atoms with E-state index in [2.05, 4.69) is 60.7 Å². The molecule has 6 heteroatoms. The van der Waals surface area contributed by atoms with Gasteiger partial charge in [-0.15, -0.1) is 0 Å². The largest absolute Gasteiger partial charge is 0.456 e. The van der Waals surface area contributed by atoms with E-state index in [1.165, 1.54) is 0 Å². The van der Waals surface area contributed by atoms with Crippen molar-refractivity contribution in [3.05, 3.63) is 152 Å². The van der Waals surface area contributed by atoms with Gasteiger partial charge in [-0.1, -0.05) is 103 Å². The molecular weight excluding hydrogens is 655 g/mol.